The van der Waals surface area contributed by atoms with Crippen LogP contribution in [0.3, 0.4) is 0 Å². The quantitative estimate of drug-likeness (QED) is 0.755. The van der Waals surface area contributed by atoms with Crippen molar-refractivity contribution >= 4 is 46.4 Å². The molecule has 0 unspecified atom stereocenters. The van der Waals surface area contributed by atoms with Gasteiger partial charge in [-0.3, -0.25) is 0 Å². The van der Waals surface area contributed by atoms with Crippen molar-refractivity contribution in [1.82, 2.24) is 0 Å². The normalized spacial score (nSPS) is 11.9. The van der Waals surface area contributed by atoms with Crippen LogP contribution >= 0.6 is 26.6 Å². The van der Waals surface area contributed by atoms with E-state index in [1.807, 2.05) is 18.2 Å². The zero-order chi connectivity index (χ0) is 11.1. The van der Waals surface area contributed by atoms with Gasteiger partial charge in [0.05, 0.1) is 4.90 Å². The molecule has 0 atom stereocenters. The van der Waals surface area contributed by atoms with Crippen LogP contribution in [0.15, 0.2) is 45.8 Å². The van der Waals surface area contributed by atoms with Crippen molar-refractivity contribution in [2.75, 3.05) is 0 Å². The number of hydrogen-bond acceptors (Lipinski definition) is 2. The molecule has 0 aliphatic carbocycles. The molecular weight excluding hydrogens is 300 g/mol. The molecule has 0 saturated heterocycles. The molecular formula is C10H6BrClO2S. The van der Waals surface area contributed by atoms with Crippen LogP contribution < -0.4 is 0 Å². The molecule has 0 aliphatic rings. The van der Waals surface area contributed by atoms with Crippen molar-refractivity contribution in [3.8, 4) is 0 Å². The molecule has 0 aliphatic heterocycles. The minimum absolute atomic E-state index is 0.133. The monoisotopic (exact) mass is 304 g/mol. The van der Waals surface area contributed by atoms with E-state index in [4.69, 9.17) is 10.7 Å². The maximum Gasteiger partial charge on any atom is 0.261 e. The van der Waals surface area contributed by atoms with Gasteiger partial charge >= 0.3 is 0 Å². The van der Waals surface area contributed by atoms with Crippen LogP contribution in [0.2, 0.25) is 0 Å². The molecule has 15 heavy (non-hydrogen) atoms. The van der Waals surface area contributed by atoms with Crippen LogP contribution in [0.4, 0.5) is 0 Å². The average molecular weight is 306 g/mol. The lowest BCUT2D eigenvalue weighted by atomic mass is 10.1. The maximum atomic E-state index is 11.3. The van der Waals surface area contributed by atoms with Gasteiger partial charge in [-0.1, -0.05) is 40.2 Å². The lowest BCUT2D eigenvalue weighted by molar-refractivity contribution is 0.610. The van der Waals surface area contributed by atoms with Crippen LogP contribution in [-0.2, 0) is 9.05 Å². The van der Waals surface area contributed by atoms with Crippen LogP contribution in [0.25, 0.3) is 10.8 Å². The highest BCUT2D eigenvalue weighted by Gasteiger charge is 2.14. The number of benzene rings is 2. The Hall–Kier alpha value is -0.580. The van der Waals surface area contributed by atoms with Crippen LogP contribution in [0.1, 0.15) is 0 Å². The zero-order valence-electron chi connectivity index (χ0n) is 7.44. The molecule has 0 amide bonds. The minimum atomic E-state index is -3.71. The van der Waals surface area contributed by atoms with E-state index < -0.39 is 9.05 Å². The van der Waals surface area contributed by atoms with Crippen LogP contribution in [0, 0.1) is 0 Å². The van der Waals surface area contributed by atoms with Crippen molar-refractivity contribution in [2.24, 2.45) is 0 Å². The first kappa shape index (κ1) is 10.9. The number of hydrogen-bond donors (Lipinski definition) is 0. The van der Waals surface area contributed by atoms with Crippen LogP contribution in [-0.4, -0.2) is 8.42 Å². The molecule has 0 fully saturated rings. The summed E-state index contributed by atoms with van der Waals surface area (Å²) in [6.07, 6.45) is 0. The lowest BCUT2D eigenvalue weighted by Crippen LogP contribution is -1.92. The van der Waals surface area contributed by atoms with Gasteiger partial charge in [-0.05, 0) is 17.5 Å². The third kappa shape index (κ3) is 2.17. The molecule has 0 bridgehead atoms. The fourth-order valence-electron chi connectivity index (χ4n) is 1.44. The molecule has 2 aromatic carbocycles. The largest absolute Gasteiger partial charge is 0.261 e. The van der Waals surface area contributed by atoms with Gasteiger partial charge in [0.1, 0.15) is 0 Å². The van der Waals surface area contributed by atoms with Crippen LogP contribution in [0.5, 0.6) is 0 Å². The van der Waals surface area contributed by atoms with Crippen molar-refractivity contribution < 1.29 is 8.42 Å². The van der Waals surface area contributed by atoms with Gasteiger partial charge in [0.15, 0.2) is 0 Å². The Morgan fingerprint density at radius 2 is 1.80 bits per heavy atom. The summed E-state index contributed by atoms with van der Waals surface area (Å²) in [5.74, 6) is 0. The smallest absolute Gasteiger partial charge is 0.207 e. The number of rotatable bonds is 1. The van der Waals surface area contributed by atoms with Gasteiger partial charge in [0.25, 0.3) is 9.05 Å². The van der Waals surface area contributed by atoms with Gasteiger partial charge in [-0.25, -0.2) is 8.42 Å². The highest BCUT2D eigenvalue weighted by molar-refractivity contribution is 9.10. The Balaban J connectivity index is 2.96. The van der Waals surface area contributed by atoms with Gasteiger partial charge in [0.2, 0.25) is 0 Å². The number of fused-ring (bicyclic) bond motifs is 1. The summed E-state index contributed by atoms with van der Waals surface area (Å²) in [7, 11) is 1.65. The molecule has 5 heteroatoms. The second-order valence-electron chi connectivity index (χ2n) is 3.06. The lowest BCUT2D eigenvalue weighted by Gasteiger charge is -2.04. The van der Waals surface area contributed by atoms with Crippen molar-refractivity contribution in [3.05, 3.63) is 40.9 Å². The SMILES string of the molecule is O=S(=O)(Cl)c1cc(Br)cc2ccccc12. The van der Waals surface area contributed by atoms with E-state index in [9.17, 15) is 8.42 Å². The third-order valence-electron chi connectivity index (χ3n) is 2.05. The predicted molar refractivity (Wildman–Crippen MR) is 64.7 cm³/mol. The highest BCUT2D eigenvalue weighted by Crippen LogP contribution is 2.29. The zero-order valence-corrected chi connectivity index (χ0v) is 10.6. The standard InChI is InChI=1S/C10H6BrClO2S/c11-8-5-7-3-1-2-4-9(7)10(6-8)15(12,13)14/h1-6H. The molecule has 2 aromatic rings. The molecule has 2 rings (SSSR count). The summed E-state index contributed by atoms with van der Waals surface area (Å²) in [4.78, 5) is 0.133. The Morgan fingerprint density at radius 3 is 2.47 bits per heavy atom. The summed E-state index contributed by atoms with van der Waals surface area (Å²) in [5, 5.41) is 1.47. The molecule has 0 spiro atoms. The van der Waals surface area contributed by atoms with Gasteiger partial charge in [-0.15, -0.1) is 0 Å². The molecule has 0 N–H and O–H groups in total. The van der Waals surface area contributed by atoms with E-state index in [0.717, 1.165) is 5.39 Å². The van der Waals surface area contributed by atoms with E-state index >= 15 is 0 Å². The predicted octanol–water partition coefficient (Wildman–Crippen LogP) is 3.53. The first-order valence-electron chi connectivity index (χ1n) is 4.11. The second kappa shape index (κ2) is 3.77. The first-order valence-corrected chi connectivity index (χ1v) is 7.22. The van der Waals surface area contributed by atoms with Crippen molar-refractivity contribution in [3.63, 3.8) is 0 Å². The first-order chi connectivity index (χ1) is 6.98. The summed E-state index contributed by atoms with van der Waals surface area (Å²) >= 11 is 3.25. The highest BCUT2D eigenvalue weighted by atomic mass is 79.9. The average Bonchev–Trinajstić information content (AvgIpc) is 2.15. The Kier molecular flexibility index (Phi) is 2.75. The van der Waals surface area contributed by atoms with Gasteiger partial charge in [-0.2, -0.15) is 0 Å². The molecule has 0 saturated carbocycles. The van der Waals surface area contributed by atoms with E-state index in [1.54, 1.807) is 12.1 Å². The maximum absolute atomic E-state index is 11.3. The number of halogens is 2. The molecule has 0 radical (unpaired) electrons. The Bertz CT molecular complexity index is 622. The van der Waals surface area contributed by atoms with Gasteiger partial charge in [0, 0.05) is 20.5 Å². The fraction of sp³-hybridized carbons (Fsp3) is 0. The van der Waals surface area contributed by atoms with Crippen molar-refractivity contribution in [2.45, 2.75) is 4.90 Å². The topological polar surface area (TPSA) is 34.1 Å². The molecule has 2 nitrogen and oxygen atoms in total. The van der Waals surface area contributed by atoms with E-state index in [-0.39, 0.29) is 4.90 Å². The van der Waals surface area contributed by atoms with E-state index in [2.05, 4.69) is 15.9 Å². The summed E-state index contributed by atoms with van der Waals surface area (Å²) in [6, 6.07) is 10.6. The Morgan fingerprint density at radius 1 is 1.13 bits per heavy atom. The molecule has 0 aromatic heterocycles. The third-order valence-corrected chi connectivity index (χ3v) is 3.87. The summed E-state index contributed by atoms with van der Waals surface area (Å²) in [6.45, 7) is 0. The van der Waals surface area contributed by atoms with E-state index in [0.29, 0.717) is 9.86 Å². The fourth-order valence-corrected chi connectivity index (χ4v) is 3.17. The second-order valence-corrected chi connectivity index (χ2v) is 6.51. The minimum Gasteiger partial charge on any atom is -0.207 e. The van der Waals surface area contributed by atoms with E-state index in [1.165, 1.54) is 6.07 Å². The Labute approximate surface area is 100 Å². The molecule has 78 valence electrons. The van der Waals surface area contributed by atoms with Gasteiger partial charge < -0.3 is 0 Å². The van der Waals surface area contributed by atoms with Crippen molar-refractivity contribution in [1.29, 1.82) is 0 Å². The summed E-state index contributed by atoms with van der Waals surface area (Å²) < 4.78 is 23.4. The molecule has 0 heterocycles. The summed E-state index contributed by atoms with van der Waals surface area (Å²) in [5.41, 5.74) is 0.